The fraction of sp³-hybridized carbons (Fsp3) is 0.188. The van der Waals surface area contributed by atoms with Gasteiger partial charge in [0.25, 0.3) is 0 Å². The van der Waals surface area contributed by atoms with E-state index in [1.54, 1.807) is 0 Å². The lowest BCUT2D eigenvalue weighted by atomic mass is 9.97. The van der Waals surface area contributed by atoms with Crippen LogP contribution in [0.4, 0.5) is 4.79 Å². The van der Waals surface area contributed by atoms with E-state index in [1.165, 1.54) is 0 Å². The number of rotatable bonds is 2. The summed E-state index contributed by atoms with van der Waals surface area (Å²) >= 11 is 5.90. The van der Waals surface area contributed by atoms with E-state index in [4.69, 9.17) is 26.8 Å². The first kappa shape index (κ1) is 13.8. The van der Waals surface area contributed by atoms with Gasteiger partial charge in [0.15, 0.2) is 0 Å². The molecule has 0 bridgehead atoms. The Morgan fingerprint density at radius 2 is 1.90 bits per heavy atom. The molecule has 1 unspecified atom stereocenters. The molecule has 0 aliphatic carbocycles. The fourth-order valence-corrected chi connectivity index (χ4v) is 2.57. The van der Waals surface area contributed by atoms with Crippen LogP contribution in [-0.4, -0.2) is 12.7 Å². The molecule has 0 aromatic heterocycles. The first-order valence-corrected chi connectivity index (χ1v) is 7.00. The molecule has 5 heteroatoms. The molecule has 2 aromatic carbocycles. The first-order valence-electron chi connectivity index (χ1n) is 6.62. The third-order valence-corrected chi connectivity index (χ3v) is 3.68. The normalized spacial score (nSPS) is 16.7. The van der Waals surface area contributed by atoms with Crippen molar-refractivity contribution < 1.29 is 14.3 Å². The second kappa shape index (κ2) is 5.66. The lowest BCUT2D eigenvalue weighted by molar-refractivity contribution is 0.0766. The van der Waals surface area contributed by atoms with Gasteiger partial charge in [-0.05, 0) is 35.4 Å². The molecule has 0 spiro atoms. The lowest BCUT2D eigenvalue weighted by Gasteiger charge is -2.25. The molecule has 2 aromatic rings. The van der Waals surface area contributed by atoms with Crippen molar-refractivity contribution in [1.29, 1.82) is 0 Å². The second-order valence-corrected chi connectivity index (χ2v) is 5.26. The summed E-state index contributed by atoms with van der Waals surface area (Å²) in [5, 5.41) is 0.690. The minimum Gasteiger partial charge on any atom is -0.493 e. The van der Waals surface area contributed by atoms with Gasteiger partial charge in [-0.1, -0.05) is 29.8 Å². The summed E-state index contributed by atoms with van der Waals surface area (Å²) in [6.07, 6.45) is -0.539. The molecule has 1 amide bonds. The van der Waals surface area contributed by atoms with Crippen LogP contribution in [0.25, 0.3) is 11.1 Å². The smallest absolute Gasteiger partial charge is 0.405 e. The van der Waals surface area contributed by atoms with E-state index in [-0.39, 0.29) is 6.10 Å². The fourth-order valence-electron chi connectivity index (χ4n) is 2.45. The quantitative estimate of drug-likeness (QED) is 0.914. The molecule has 1 atom stereocenters. The largest absolute Gasteiger partial charge is 0.493 e. The van der Waals surface area contributed by atoms with Gasteiger partial charge < -0.3 is 15.2 Å². The maximum atomic E-state index is 11.0. The highest BCUT2D eigenvalue weighted by Gasteiger charge is 2.24. The Morgan fingerprint density at radius 3 is 2.62 bits per heavy atom. The van der Waals surface area contributed by atoms with Crippen LogP contribution in [0.15, 0.2) is 42.5 Å². The molecular weight excluding hydrogens is 290 g/mol. The molecule has 2 N–H and O–H groups in total. The highest BCUT2D eigenvalue weighted by atomic mass is 35.5. The van der Waals surface area contributed by atoms with E-state index < -0.39 is 6.09 Å². The maximum absolute atomic E-state index is 11.0. The zero-order valence-corrected chi connectivity index (χ0v) is 12.0. The number of halogens is 1. The van der Waals surface area contributed by atoms with E-state index in [0.29, 0.717) is 18.1 Å². The van der Waals surface area contributed by atoms with Gasteiger partial charge in [-0.25, -0.2) is 4.79 Å². The van der Waals surface area contributed by atoms with Crippen LogP contribution >= 0.6 is 11.6 Å². The minimum atomic E-state index is -0.773. The number of nitrogens with two attached hydrogens (primary N) is 1. The van der Waals surface area contributed by atoms with E-state index in [1.807, 2.05) is 42.5 Å². The molecule has 21 heavy (non-hydrogen) atoms. The third-order valence-electron chi connectivity index (χ3n) is 3.43. The van der Waals surface area contributed by atoms with Crippen LogP contribution in [0.1, 0.15) is 18.1 Å². The number of ether oxygens (including phenoxy) is 2. The Bertz CT molecular complexity index is 670. The summed E-state index contributed by atoms with van der Waals surface area (Å²) in [6.45, 7) is 0.505. The van der Waals surface area contributed by atoms with Crippen molar-refractivity contribution in [3.8, 4) is 16.9 Å². The number of hydrogen-bond acceptors (Lipinski definition) is 3. The van der Waals surface area contributed by atoms with Gasteiger partial charge in [-0.3, -0.25) is 0 Å². The molecule has 1 heterocycles. The zero-order valence-electron chi connectivity index (χ0n) is 11.2. The van der Waals surface area contributed by atoms with E-state index in [9.17, 15) is 4.79 Å². The van der Waals surface area contributed by atoms with Crippen LogP contribution < -0.4 is 10.5 Å². The molecule has 108 valence electrons. The van der Waals surface area contributed by atoms with Crippen molar-refractivity contribution in [2.45, 2.75) is 12.5 Å². The van der Waals surface area contributed by atoms with Gasteiger partial charge in [0.2, 0.25) is 0 Å². The van der Waals surface area contributed by atoms with E-state index >= 15 is 0 Å². The number of hydrogen-bond donors (Lipinski definition) is 1. The summed E-state index contributed by atoms with van der Waals surface area (Å²) in [5.41, 5.74) is 8.01. The average Bonchev–Trinajstić information content (AvgIpc) is 2.47. The zero-order chi connectivity index (χ0) is 14.8. The van der Waals surface area contributed by atoms with Crippen LogP contribution in [0.5, 0.6) is 5.75 Å². The SMILES string of the molecule is NC(=O)OC1CCOc2ccc(-c3ccc(Cl)cc3)cc21. The minimum absolute atomic E-state index is 0.362. The second-order valence-electron chi connectivity index (χ2n) is 4.82. The van der Waals surface area contributed by atoms with Crippen LogP contribution in [0.3, 0.4) is 0 Å². The molecule has 1 aliphatic heterocycles. The summed E-state index contributed by atoms with van der Waals surface area (Å²) in [4.78, 5) is 11.0. The predicted molar refractivity (Wildman–Crippen MR) is 80.4 cm³/mol. The summed E-state index contributed by atoms with van der Waals surface area (Å²) in [7, 11) is 0. The molecule has 4 nitrogen and oxygen atoms in total. The Kier molecular flexibility index (Phi) is 3.71. The van der Waals surface area contributed by atoms with Crippen molar-refractivity contribution in [1.82, 2.24) is 0 Å². The van der Waals surface area contributed by atoms with Crippen molar-refractivity contribution in [2.24, 2.45) is 5.73 Å². The lowest BCUT2D eigenvalue weighted by Crippen LogP contribution is -2.22. The standard InChI is InChI=1S/C16H14ClNO3/c17-12-4-1-10(2-5-12)11-3-6-14-13(9-11)15(7-8-20-14)21-16(18)19/h1-6,9,15H,7-8H2,(H2,18,19). The summed E-state index contributed by atoms with van der Waals surface area (Å²) < 4.78 is 10.8. The van der Waals surface area contributed by atoms with Gasteiger partial charge in [-0.2, -0.15) is 0 Å². The molecule has 3 rings (SSSR count). The van der Waals surface area contributed by atoms with Crippen LogP contribution in [0.2, 0.25) is 5.02 Å². The topological polar surface area (TPSA) is 61.6 Å². The number of carbonyl (C=O) groups is 1. The Morgan fingerprint density at radius 1 is 1.19 bits per heavy atom. The van der Waals surface area contributed by atoms with Gasteiger partial charge in [-0.15, -0.1) is 0 Å². The number of fused-ring (bicyclic) bond motifs is 1. The van der Waals surface area contributed by atoms with Crippen molar-refractivity contribution >= 4 is 17.7 Å². The number of benzene rings is 2. The first-order chi connectivity index (χ1) is 10.1. The number of primary amides is 1. The van der Waals surface area contributed by atoms with Gasteiger partial charge in [0, 0.05) is 17.0 Å². The Hall–Kier alpha value is -2.20. The highest BCUT2D eigenvalue weighted by Crippen LogP contribution is 2.37. The molecule has 0 radical (unpaired) electrons. The maximum Gasteiger partial charge on any atom is 0.405 e. The Balaban J connectivity index is 1.98. The third kappa shape index (κ3) is 2.95. The van der Waals surface area contributed by atoms with Gasteiger partial charge in [0.1, 0.15) is 11.9 Å². The molecule has 1 aliphatic rings. The molecule has 0 saturated heterocycles. The Labute approximate surface area is 127 Å². The van der Waals surface area contributed by atoms with Crippen LogP contribution in [-0.2, 0) is 4.74 Å². The number of carbonyl (C=O) groups excluding carboxylic acids is 1. The molecule has 0 saturated carbocycles. The summed E-state index contributed by atoms with van der Waals surface area (Å²) in [6, 6.07) is 13.4. The average molecular weight is 304 g/mol. The van der Waals surface area contributed by atoms with E-state index in [2.05, 4.69) is 0 Å². The monoisotopic (exact) mass is 303 g/mol. The van der Waals surface area contributed by atoms with E-state index in [0.717, 1.165) is 22.4 Å². The highest BCUT2D eigenvalue weighted by molar-refractivity contribution is 6.30. The van der Waals surface area contributed by atoms with Crippen molar-refractivity contribution in [3.63, 3.8) is 0 Å². The summed E-state index contributed by atoms with van der Waals surface area (Å²) in [5.74, 6) is 0.727. The van der Waals surface area contributed by atoms with Gasteiger partial charge >= 0.3 is 6.09 Å². The van der Waals surface area contributed by atoms with Crippen molar-refractivity contribution in [2.75, 3.05) is 6.61 Å². The number of amides is 1. The van der Waals surface area contributed by atoms with Crippen LogP contribution in [0, 0.1) is 0 Å². The molecular formula is C16H14ClNO3. The molecule has 0 fully saturated rings. The predicted octanol–water partition coefficient (Wildman–Crippen LogP) is 3.93. The van der Waals surface area contributed by atoms with Crippen molar-refractivity contribution in [3.05, 3.63) is 53.1 Å². The van der Waals surface area contributed by atoms with Gasteiger partial charge in [0.05, 0.1) is 6.61 Å².